The van der Waals surface area contributed by atoms with E-state index in [1.54, 1.807) is 49.6 Å². The van der Waals surface area contributed by atoms with Crippen LogP contribution in [0.15, 0.2) is 50.2 Å². The number of nitrogens with one attached hydrogen (secondary N) is 1. The Kier molecular flexibility index (Phi) is 7.05. The molecule has 0 unspecified atom stereocenters. The molecule has 150 valence electrons. The van der Waals surface area contributed by atoms with E-state index in [-0.39, 0.29) is 11.4 Å². The molecule has 3 amide bonds. The molecule has 29 heavy (non-hydrogen) atoms. The number of methoxy groups -OCH3 is 1. The van der Waals surface area contributed by atoms with Crippen LogP contribution in [0.3, 0.4) is 0 Å². The molecule has 1 N–H and O–H groups in total. The summed E-state index contributed by atoms with van der Waals surface area (Å²) in [6.45, 7) is -0.387. The highest BCUT2D eigenvalue weighted by Crippen LogP contribution is 2.34. The number of amides is 3. The second-order valence-corrected chi connectivity index (χ2v) is 8.95. The number of benzene rings is 2. The molecule has 0 spiro atoms. The molecule has 0 saturated carbocycles. The van der Waals surface area contributed by atoms with Gasteiger partial charge in [-0.2, -0.15) is 0 Å². The SMILES string of the molecule is COc1ccc(/C=C2/SC(=O)N(CC(=O)Nc3ccc(Br)c(Cl)c3)C2=O)cc1Br. The van der Waals surface area contributed by atoms with Crippen molar-refractivity contribution in [2.75, 3.05) is 19.0 Å². The Morgan fingerprint density at radius 1 is 1.21 bits per heavy atom. The van der Waals surface area contributed by atoms with E-state index in [4.69, 9.17) is 16.3 Å². The van der Waals surface area contributed by atoms with E-state index in [9.17, 15) is 14.4 Å². The predicted molar refractivity (Wildman–Crippen MR) is 121 cm³/mol. The number of carbonyl (C=O) groups is 3. The zero-order valence-electron chi connectivity index (χ0n) is 14.9. The van der Waals surface area contributed by atoms with Crippen molar-refractivity contribution in [1.29, 1.82) is 0 Å². The standard InChI is InChI=1S/C19H13Br2ClN2O4S/c1-28-15-5-2-10(6-13(15)21)7-16-18(26)24(19(27)29-16)9-17(25)23-11-3-4-12(20)14(22)8-11/h2-8H,9H2,1H3,(H,23,25)/b16-7+. The van der Waals surface area contributed by atoms with Crippen LogP contribution in [0, 0.1) is 0 Å². The molecule has 3 rings (SSSR count). The van der Waals surface area contributed by atoms with E-state index >= 15 is 0 Å². The van der Waals surface area contributed by atoms with Crippen molar-refractivity contribution in [3.8, 4) is 5.75 Å². The molecule has 1 fully saturated rings. The zero-order chi connectivity index (χ0) is 21.1. The van der Waals surface area contributed by atoms with Crippen LogP contribution >= 0.6 is 55.2 Å². The molecule has 0 aliphatic carbocycles. The van der Waals surface area contributed by atoms with Gasteiger partial charge in [0.05, 0.1) is 21.5 Å². The Morgan fingerprint density at radius 3 is 2.62 bits per heavy atom. The summed E-state index contributed by atoms with van der Waals surface area (Å²) in [6, 6.07) is 10.2. The third-order valence-corrected chi connectivity index (χ3v) is 6.61. The van der Waals surface area contributed by atoms with Gasteiger partial charge in [0.1, 0.15) is 12.3 Å². The summed E-state index contributed by atoms with van der Waals surface area (Å²) in [5.41, 5.74) is 1.19. The van der Waals surface area contributed by atoms with Gasteiger partial charge in [0.2, 0.25) is 5.91 Å². The Hall–Kier alpha value is -1.81. The highest BCUT2D eigenvalue weighted by molar-refractivity contribution is 9.10. The van der Waals surface area contributed by atoms with Crippen LogP contribution in [0.25, 0.3) is 6.08 Å². The van der Waals surface area contributed by atoms with Gasteiger partial charge >= 0.3 is 0 Å². The first-order valence-electron chi connectivity index (χ1n) is 8.12. The number of hydrogen-bond acceptors (Lipinski definition) is 5. The van der Waals surface area contributed by atoms with E-state index in [1.807, 2.05) is 0 Å². The molecule has 6 nitrogen and oxygen atoms in total. The minimum atomic E-state index is -0.518. The van der Waals surface area contributed by atoms with Gasteiger partial charge in [-0.15, -0.1) is 0 Å². The number of halogens is 3. The summed E-state index contributed by atoms with van der Waals surface area (Å²) < 4.78 is 6.59. The fourth-order valence-corrected chi connectivity index (χ4v) is 4.30. The van der Waals surface area contributed by atoms with Gasteiger partial charge in [-0.3, -0.25) is 19.3 Å². The quantitative estimate of drug-likeness (QED) is 0.486. The van der Waals surface area contributed by atoms with E-state index in [0.717, 1.165) is 26.7 Å². The Balaban J connectivity index is 1.70. The molecule has 1 heterocycles. The summed E-state index contributed by atoms with van der Waals surface area (Å²) in [7, 11) is 1.55. The smallest absolute Gasteiger partial charge is 0.294 e. The lowest BCUT2D eigenvalue weighted by molar-refractivity contribution is -0.127. The molecule has 1 saturated heterocycles. The average Bonchev–Trinajstić information content (AvgIpc) is 2.92. The van der Waals surface area contributed by atoms with Crippen LogP contribution in [-0.4, -0.2) is 35.6 Å². The van der Waals surface area contributed by atoms with Crippen molar-refractivity contribution in [3.63, 3.8) is 0 Å². The third-order valence-electron chi connectivity index (χ3n) is 3.85. The highest BCUT2D eigenvalue weighted by Gasteiger charge is 2.36. The lowest BCUT2D eigenvalue weighted by Gasteiger charge is -2.12. The molecule has 2 aromatic rings. The van der Waals surface area contributed by atoms with Crippen LogP contribution in [0.4, 0.5) is 10.5 Å². The Labute approximate surface area is 192 Å². The first kappa shape index (κ1) is 21.9. The van der Waals surface area contributed by atoms with Crippen LogP contribution in [-0.2, 0) is 9.59 Å². The molecule has 10 heteroatoms. The second-order valence-electron chi connectivity index (χ2n) is 5.84. The maximum absolute atomic E-state index is 12.6. The van der Waals surface area contributed by atoms with Gasteiger partial charge in [-0.25, -0.2) is 0 Å². The molecule has 0 aromatic heterocycles. The topological polar surface area (TPSA) is 75.7 Å². The highest BCUT2D eigenvalue weighted by atomic mass is 79.9. The number of anilines is 1. The van der Waals surface area contributed by atoms with Crippen molar-refractivity contribution in [1.82, 2.24) is 4.90 Å². The van der Waals surface area contributed by atoms with Gasteiger partial charge in [0, 0.05) is 10.2 Å². The predicted octanol–water partition coefficient (Wildman–Crippen LogP) is 5.55. The van der Waals surface area contributed by atoms with Gasteiger partial charge in [0.15, 0.2) is 0 Å². The Morgan fingerprint density at radius 2 is 1.97 bits per heavy atom. The largest absolute Gasteiger partial charge is 0.496 e. The van der Waals surface area contributed by atoms with Gasteiger partial charge < -0.3 is 10.1 Å². The van der Waals surface area contributed by atoms with Gasteiger partial charge in [-0.05, 0) is 85.6 Å². The summed E-state index contributed by atoms with van der Waals surface area (Å²) >= 11 is 13.4. The Bertz CT molecular complexity index is 1040. The molecule has 0 atom stereocenters. The molecule has 0 bridgehead atoms. The molecular weight excluding hydrogens is 548 g/mol. The first-order valence-corrected chi connectivity index (χ1v) is 10.9. The maximum atomic E-state index is 12.6. The molecule has 1 aliphatic rings. The monoisotopic (exact) mass is 558 g/mol. The molecule has 1 aliphatic heterocycles. The van der Waals surface area contributed by atoms with Crippen molar-refractivity contribution >= 4 is 84.0 Å². The van der Waals surface area contributed by atoms with Crippen LogP contribution in [0.5, 0.6) is 5.75 Å². The van der Waals surface area contributed by atoms with E-state index in [2.05, 4.69) is 37.2 Å². The van der Waals surface area contributed by atoms with Crippen LogP contribution in [0.2, 0.25) is 5.02 Å². The van der Waals surface area contributed by atoms with Crippen LogP contribution < -0.4 is 10.1 Å². The van der Waals surface area contributed by atoms with Gasteiger partial charge in [0.25, 0.3) is 11.1 Å². The van der Waals surface area contributed by atoms with E-state index in [1.165, 1.54) is 0 Å². The molecule has 0 radical (unpaired) electrons. The number of hydrogen-bond donors (Lipinski definition) is 1. The molecular formula is C19H13Br2ClN2O4S. The van der Waals surface area contributed by atoms with E-state index in [0.29, 0.717) is 20.9 Å². The number of ether oxygens (including phenoxy) is 1. The number of carbonyl (C=O) groups excluding carboxylic acids is 3. The number of thioether (sulfide) groups is 1. The van der Waals surface area contributed by atoms with Crippen molar-refractivity contribution in [3.05, 3.63) is 60.8 Å². The average molecular weight is 561 g/mol. The second kappa shape index (κ2) is 9.34. The van der Waals surface area contributed by atoms with Crippen molar-refractivity contribution in [2.45, 2.75) is 0 Å². The number of imide groups is 1. The normalized spacial score (nSPS) is 15.2. The lowest BCUT2D eigenvalue weighted by atomic mass is 10.2. The van der Waals surface area contributed by atoms with Crippen molar-refractivity contribution in [2.24, 2.45) is 0 Å². The fourth-order valence-electron chi connectivity index (χ4n) is 2.48. The van der Waals surface area contributed by atoms with E-state index < -0.39 is 17.1 Å². The summed E-state index contributed by atoms with van der Waals surface area (Å²) in [6.07, 6.45) is 1.60. The summed E-state index contributed by atoms with van der Waals surface area (Å²) in [5, 5.41) is 2.55. The fraction of sp³-hybridized carbons (Fsp3) is 0.105. The summed E-state index contributed by atoms with van der Waals surface area (Å²) in [4.78, 5) is 38.2. The zero-order valence-corrected chi connectivity index (χ0v) is 19.6. The third kappa shape index (κ3) is 5.22. The lowest BCUT2D eigenvalue weighted by Crippen LogP contribution is -2.36. The minimum Gasteiger partial charge on any atom is -0.496 e. The first-order chi connectivity index (χ1) is 13.8. The van der Waals surface area contributed by atoms with Gasteiger partial charge in [-0.1, -0.05) is 17.7 Å². The van der Waals surface area contributed by atoms with Crippen LogP contribution in [0.1, 0.15) is 5.56 Å². The maximum Gasteiger partial charge on any atom is 0.294 e. The number of rotatable bonds is 5. The molecule has 2 aromatic carbocycles. The van der Waals surface area contributed by atoms with Crippen molar-refractivity contribution < 1.29 is 19.1 Å². The number of nitrogens with zero attached hydrogens (tertiary/aromatic N) is 1. The minimum absolute atomic E-state index is 0.242. The summed E-state index contributed by atoms with van der Waals surface area (Å²) in [5.74, 6) is -0.366.